The molecule has 3 heterocycles. The lowest BCUT2D eigenvalue weighted by molar-refractivity contribution is -0.131. The number of furan rings is 2. The molecule has 0 fully saturated rings. The highest BCUT2D eigenvalue weighted by atomic mass is 35.5. The van der Waals surface area contributed by atoms with Gasteiger partial charge in [-0.05, 0) is 42.5 Å². The van der Waals surface area contributed by atoms with Crippen molar-refractivity contribution in [2.45, 2.75) is 12.5 Å². The predicted molar refractivity (Wildman–Crippen MR) is 105 cm³/mol. The zero-order chi connectivity index (χ0) is 19.5. The average Bonchev–Trinajstić information content (AvgIpc) is 3.46. The summed E-state index contributed by atoms with van der Waals surface area (Å²) in [6, 6.07) is 12.1. The predicted octanol–water partition coefficient (Wildman–Crippen LogP) is 4.32. The third-order valence-electron chi connectivity index (χ3n) is 4.43. The lowest BCUT2D eigenvalue weighted by atomic mass is 10.1. The van der Waals surface area contributed by atoms with Crippen LogP contribution in [-0.2, 0) is 4.79 Å². The van der Waals surface area contributed by atoms with Crippen molar-refractivity contribution >= 4 is 28.9 Å². The fourth-order valence-electron chi connectivity index (χ4n) is 3.10. The molecular formula is C20H18ClN3O4. The van der Waals surface area contributed by atoms with Gasteiger partial charge in [0, 0.05) is 11.4 Å². The van der Waals surface area contributed by atoms with E-state index in [1.54, 1.807) is 50.0 Å². The number of hydrazone groups is 1. The van der Waals surface area contributed by atoms with Crippen molar-refractivity contribution in [3.8, 4) is 5.75 Å². The summed E-state index contributed by atoms with van der Waals surface area (Å²) in [7, 11) is 1.56. The second-order valence-electron chi connectivity index (χ2n) is 6.20. The van der Waals surface area contributed by atoms with Crippen LogP contribution in [0.1, 0.15) is 24.0 Å². The number of nitrogens with one attached hydrogen (secondary N) is 1. The minimum Gasteiger partial charge on any atom is -0.495 e. The van der Waals surface area contributed by atoms with E-state index in [1.165, 1.54) is 5.01 Å². The molecule has 1 aliphatic heterocycles. The zero-order valence-corrected chi connectivity index (χ0v) is 15.8. The Morgan fingerprint density at radius 2 is 2.11 bits per heavy atom. The van der Waals surface area contributed by atoms with Gasteiger partial charge in [0.25, 0.3) is 5.91 Å². The third kappa shape index (κ3) is 3.61. The van der Waals surface area contributed by atoms with E-state index in [2.05, 4.69) is 10.4 Å². The van der Waals surface area contributed by atoms with Crippen molar-refractivity contribution in [2.24, 2.45) is 5.10 Å². The van der Waals surface area contributed by atoms with Crippen molar-refractivity contribution in [3.63, 3.8) is 0 Å². The number of halogens is 1. The molecule has 0 radical (unpaired) electrons. The van der Waals surface area contributed by atoms with Crippen LogP contribution >= 0.6 is 11.6 Å². The Balaban J connectivity index is 1.54. The third-order valence-corrected chi connectivity index (χ3v) is 4.67. The Morgan fingerprint density at radius 1 is 1.29 bits per heavy atom. The molecule has 4 rings (SSSR count). The topological polar surface area (TPSA) is 80.2 Å². The Hall–Kier alpha value is -3.19. The van der Waals surface area contributed by atoms with Crippen LogP contribution < -0.4 is 10.1 Å². The zero-order valence-electron chi connectivity index (χ0n) is 15.1. The number of methoxy groups -OCH3 is 1. The minimum atomic E-state index is -0.328. The highest BCUT2D eigenvalue weighted by Gasteiger charge is 2.35. The van der Waals surface area contributed by atoms with Crippen LogP contribution in [0.3, 0.4) is 0 Å². The summed E-state index contributed by atoms with van der Waals surface area (Å²) in [6.07, 6.45) is 3.67. The fraction of sp³-hybridized carbons (Fsp3) is 0.200. The van der Waals surface area contributed by atoms with Crippen LogP contribution in [0, 0.1) is 0 Å². The van der Waals surface area contributed by atoms with Crippen molar-refractivity contribution in [1.29, 1.82) is 0 Å². The quantitative estimate of drug-likeness (QED) is 0.667. The molecular weight excluding hydrogens is 382 g/mol. The molecule has 1 N–H and O–H groups in total. The summed E-state index contributed by atoms with van der Waals surface area (Å²) >= 11 is 6.05. The van der Waals surface area contributed by atoms with Gasteiger partial charge in [-0.15, -0.1) is 0 Å². The van der Waals surface area contributed by atoms with E-state index in [0.717, 1.165) is 0 Å². The molecule has 3 aromatic rings. The smallest absolute Gasteiger partial charge is 0.262 e. The standard InChI is InChI=1S/C20H18ClN3O4/c1-26-17-7-6-13(21)10-14(17)22-12-20(25)24-16(19-5-3-9-28-19)11-15(23-24)18-4-2-8-27-18/h2-10,16,22H,11-12H2,1H3. The van der Waals surface area contributed by atoms with Crippen LogP contribution in [0.25, 0.3) is 0 Å². The first-order valence-electron chi connectivity index (χ1n) is 8.70. The van der Waals surface area contributed by atoms with E-state index in [0.29, 0.717) is 40.1 Å². The van der Waals surface area contributed by atoms with E-state index in [-0.39, 0.29) is 18.5 Å². The number of nitrogens with zero attached hydrogens (tertiary/aromatic N) is 2. The normalized spacial score (nSPS) is 16.1. The molecule has 0 spiro atoms. The molecule has 0 aliphatic carbocycles. The van der Waals surface area contributed by atoms with Gasteiger partial charge in [-0.3, -0.25) is 4.79 Å². The molecule has 8 heteroatoms. The molecule has 0 bridgehead atoms. The van der Waals surface area contributed by atoms with Gasteiger partial charge in [0.15, 0.2) is 0 Å². The van der Waals surface area contributed by atoms with E-state index >= 15 is 0 Å². The van der Waals surface area contributed by atoms with E-state index in [4.69, 9.17) is 25.2 Å². The average molecular weight is 400 g/mol. The van der Waals surface area contributed by atoms with Gasteiger partial charge in [0.1, 0.15) is 29.0 Å². The van der Waals surface area contributed by atoms with E-state index in [1.807, 2.05) is 12.1 Å². The summed E-state index contributed by atoms with van der Waals surface area (Å²) in [5, 5.41) is 9.54. The maximum atomic E-state index is 12.9. The van der Waals surface area contributed by atoms with Gasteiger partial charge < -0.3 is 18.9 Å². The number of carbonyl (C=O) groups excluding carboxylic acids is 1. The Morgan fingerprint density at radius 3 is 2.82 bits per heavy atom. The molecule has 28 heavy (non-hydrogen) atoms. The van der Waals surface area contributed by atoms with Gasteiger partial charge in [0.2, 0.25) is 0 Å². The lowest BCUT2D eigenvalue weighted by Gasteiger charge is -2.20. The van der Waals surface area contributed by atoms with Crippen molar-refractivity contribution in [3.05, 3.63) is 71.5 Å². The van der Waals surface area contributed by atoms with Gasteiger partial charge in [0.05, 0.1) is 31.9 Å². The number of benzene rings is 1. The van der Waals surface area contributed by atoms with Crippen molar-refractivity contribution < 1.29 is 18.4 Å². The summed E-state index contributed by atoms with van der Waals surface area (Å²) < 4.78 is 16.3. The molecule has 7 nitrogen and oxygen atoms in total. The highest BCUT2D eigenvalue weighted by molar-refractivity contribution is 6.30. The van der Waals surface area contributed by atoms with Crippen LogP contribution in [-0.4, -0.2) is 30.3 Å². The number of hydrogen-bond acceptors (Lipinski definition) is 6. The van der Waals surface area contributed by atoms with Gasteiger partial charge in [-0.25, -0.2) is 5.01 Å². The molecule has 2 aromatic heterocycles. The summed E-state index contributed by atoms with van der Waals surface area (Å²) in [5.74, 6) is 1.68. The Labute approximate surface area is 166 Å². The van der Waals surface area contributed by atoms with Crippen molar-refractivity contribution in [1.82, 2.24) is 5.01 Å². The lowest BCUT2D eigenvalue weighted by Crippen LogP contribution is -2.32. The van der Waals surface area contributed by atoms with E-state index < -0.39 is 0 Å². The Kier molecular flexibility index (Phi) is 5.08. The maximum Gasteiger partial charge on any atom is 0.262 e. The number of anilines is 1. The number of hydrogen-bond donors (Lipinski definition) is 1. The molecule has 1 aliphatic rings. The number of amides is 1. The first-order valence-corrected chi connectivity index (χ1v) is 9.07. The molecule has 0 saturated heterocycles. The Bertz CT molecular complexity index is 983. The fourth-order valence-corrected chi connectivity index (χ4v) is 3.28. The summed E-state index contributed by atoms with van der Waals surface area (Å²) in [4.78, 5) is 12.9. The largest absolute Gasteiger partial charge is 0.495 e. The number of carbonyl (C=O) groups is 1. The van der Waals surface area contributed by atoms with Crippen LogP contribution in [0.15, 0.2) is 68.9 Å². The molecule has 1 amide bonds. The number of rotatable bonds is 6. The molecule has 1 aromatic carbocycles. The van der Waals surface area contributed by atoms with E-state index in [9.17, 15) is 4.79 Å². The van der Waals surface area contributed by atoms with Gasteiger partial charge >= 0.3 is 0 Å². The molecule has 1 atom stereocenters. The van der Waals surface area contributed by atoms with Crippen LogP contribution in [0.4, 0.5) is 5.69 Å². The molecule has 0 saturated carbocycles. The SMILES string of the molecule is COc1ccc(Cl)cc1NCC(=O)N1N=C(c2ccco2)CC1c1ccco1. The van der Waals surface area contributed by atoms with Gasteiger partial charge in [-0.2, -0.15) is 5.10 Å². The minimum absolute atomic E-state index is 0.0167. The molecule has 1 unspecified atom stereocenters. The maximum absolute atomic E-state index is 12.9. The second kappa shape index (κ2) is 7.82. The highest BCUT2D eigenvalue weighted by Crippen LogP contribution is 2.33. The van der Waals surface area contributed by atoms with Crippen LogP contribution in [0.2, 0.25) is 5.02 Å². The summed E-state index contributed by atoms with van der Waals surface area (Å²) in [5.41, 5.74) is 1.33. The second-order valence-corrected chi connectivity index (χ2v) is 6.63. The first kappa shape index (κ1) is 18.2. The number of ether oxygens (including phenoxy) is 1. The molecule has 144 valence electrons. The monoisotopic (exact) mass is 399 g/mol. The van der Waals surface area contributed by atoms with Crippen LogP contribution in [0.5, 0.6) is 5.75 Å². The van der Waals surface area contributed by atoms with Gasteiger partial charge in [-0.1, -0.05) is 11.6 Å². The first-order chi connectivity index (χ1) is 13.7. The summed E-state index contributed by atoms with van der Waals surface area (Å²) in [6.45, 7) is 0.0167. The van der Waals surface area contributed by atoms with Crippen molar-refractivity contribution in [2.75, 3.05) is 19.0 Å².